The first-order valence-electron chi connectivity index (χ1n) is 8.22. The molecule has 1 saturated heterocycles. The van der Waals surface area contributed by atoms with Crippen LogP contribution in [0.5, 0.6) is 0 Å². The summed E-state index contributed by atoms with van der Waals surface area (Å²) in [6.45, 7) is 4.93. The van der Waals surface area contributed by atoms with Crippen molar-refractivity contribution in [1.82, 2.24) is 9.88 Å². The van der Waals surface area contributed by atoms with E-state index in [9.17, 15) is 4.79 Å². The molecule has 1 fully saturated rings. The van der Waals surface area contributed by atoms with E-state index < -0.39 is 0 Å². The van der Waals surface area contributed by atoms with Gasteiger partial charge in [0.25, 0.3) is 0 Å². The van der Waals surface area contributed by atoms with Gasteiger partial charge in [0.1, 0.15) is 5.82 Å². The van der Waals surface area contributed by atoms with E-state index in [0.717, 1.165) is 44.2 Å². The maximum Gasteiger partial charge on any atom is 0.238 e. The molecule has 0 saturated carbocycles. The minimum atomic E-state index is -0.173. The summed E-state index contributed by atoms with van der Waals surface area (Å²) >= 11 is 0. The third-order valence-electron chi connectivity index (χ3n) is 4.17. The highest BCUT2D eigenvalue weighted by Crippen LogP contribution is 2.15. The van der Waals surface area contributed by atoms with Crippen molar-refractivity contribution in [3.8, 4) is 0 Å². The van der Waals surface area contributed by atoms with Crippen LogP contribution in [0.2, 0.25) is 0 Å². The molecule has 3 rings (SSSR count). The predicted molar refractivity (Wildman–Crippen MR) is 118 cm³/mol. The number of carbonyl (C=O) groups is 1. The van der Waals surface area contributed by atoms with E-state index in [2.05, 4.69) is 38.3 Å². The van der Waals surface area contributed by atoms with Crippen molar-refractivity contribution < 1.29 is 4.79 Å². The molecule has 2 heterocycles. The molecule has 1 aromatic carbocycles. The van der Waals surface area contributed by atoms with Gasteiger partial charge in [-0.1, -0.05) is 18.2 Å². The first-order valence-corrected chi connectivity index (χ1v) is 8.22. The molecule has 1 aromatic heterocycles. The number of hydrogen-bond acceptors (Lipinski definition) is 5. The van der Waals surface area contributed by atoms with E-state index in [1.165, 1.54) is 5.56 Å². The van der Waals surface area contributed by atoms with Gasteiger partial charge in [-0.3, -0.25) is 9.69 Å². The zero-order valence-corrected chi connectivity index (χ0v) is 17.4. The van der Waals surface area contributed by atoms with Crippen LogP contribution in [0.1, 0.15) is 5.56 Å². The Kier molecular flexibility index (Phi) is 12.0. The number of aromatic nitrogens is 1. The smallest absolute Gasteiger partial charge is 0.238 e. The van der Waals surface area contributed by atoms with Gasteiger partial charge in [0.05, 0.1) is 6.54 Å². The van der Waals surface area contributed by atoms with Crippen molar-refractivity contribution in [3.05, 3.63) is 54.2 Å². The van der Waals surface area contributed by atoms with Gasteiger partial charge in [0, 0.05) is 44.6 Å². The Labute approximate surface area is 178 Å². The molecule has 150 valence electrons. The summed E-state index contributed by atoms with van der Waals surface area (Å²) in [5.41, 5.74) is 7.33. The predicted octanol–water partition coefficient (Wildman–Crippen LogP) is 2.57. The fourth-order valence-corrected chi connectivity index (χ4v) is 2.84. The Bertz CT molecular complexity index is 664. The largest absolute Gasteiger partial charge is 0.354 e. The Morgan fingerprint density at radius 1 is 1.00 bits per heavy atom. The van der Waals surface area contributed by atoms with Crippen LogP contribution in [0.15, 0.2) is 48.7 Å². The van der Waals surface area contributed by atoms with E-state index in [1.54, 1.807) is 0 Å². The fourth-order valence-electron chi connectivity index (χ4n) is 2.84. The number of amides is 1. The lowest BCUT2D eigenvalue weighted by Crippen LogP contribution is -2.46. The van der Waals surface area contributed by atoms with Crippen LogP contribution in [0.4, 0.5) is 11.5 Å². The van der Waals surface area contributed by atoms with E-state index >= 15 is 0 Å². The van der Waals surface area contributed by atoms with Crippen molar-refractivity contribution in [3.63, 3.8) is 0 Å². The molecule has 1 aliphatic heterocycles. The number of rotatable bonds is 5. The van der Waals surface area contributed by atoms with Crippen LogP contribution in [0.3, 0.4) is 0 Å². The van der Waals surface area contributed by atoms with Crippen molar-refractivity contribution in [1.29, 1.82) is 0 Å². The highest BCUT2D eigenvalue weighted by atomic mass is 35.5. The van der Waals surface area contributed by atoms with Gasteiger partial charge in [-0.05, 0) is 29.8 Å². The lowest BCUT2D eigenvalue weighted by Gasteiger charge is -2.35. The van der Waals surface area contributed by atoms with Crippen molar-refractivity contribution in [2.24, 2.45) is 5.73 Å². The summed E-state index contributed by atoms with van der Waals surface area (Å²) in [6.07, 6.45) is 1.84. The number of hydrogen-bond donors (Lipinski definition) is 2. The lowest BCUT2D eigenvalue weighted by atomic mass is 10.1. The second kappa shape index (κ2) is 12.8. The van der Waals surface area contributed by atoms with E-state index in [-0.39, 0.29) is 49.7 Å². The van der Waals surface area contributed by atoms with Gasteiger partial charge < -0.3 is 16.0 Å². The SMILES string of the molecule is Cl.Cl.Cl.NCC(=O)Nc1ccc(CN2CCN(c3ccccn3)CC2)cc1. The van der Waals surface area contributed by atoms with Gasteiger partial charge in [-0.2, -0.15) is 0 Å². The zero-order chi connectivity index (χ0) is 16.8. The quantitative estimate of drug-likeness (QED) is 0.756. The maximum atomic E-state index is 11.3. The minimum Gasteiger partial charge on any atom is -0.354 e. The van der Waals surface area contributed by atoms with Crippen LogP contribution < -0.4 is 16.0 Å². The molecule has 0 spiro atoms. The first-order chi connectivity index (χ1) is 11.7. The van der Waals surface area contributed by atoms with Crippen molar-refractivity contribution in [2.45, 2.75) is 6.54 Å². The van der Waals surface area contributed by atoms with Crippen LogP contribution in [-0.2, 0) is 11.3 Å². The average Bonchev–Trinajstić information content (AvgIpc) is 2.64. The Hall–Kier alpha value is -1.57. The highest BCUT2D eigenvalue weighted by molar-refractivity contribution is 5.92. The molecule has 27 heavy (non-hydrogen) atoms. The number of piperazine rings is 1. The van der Waals surface area contributed by atoms with Crippen molar-refractivity contribution >= 4 is 54.6 Å². The molecule has 0 unspecified atom stereocenters. The van der Waals surface area contributed by atoms with Crippen LogP contribution in [0, 0.1) is 0 Å². The number of nitrogens with zero attached hydrogens (tertiary/aromatic N) is 3. The molecular weight excluding hydrogens is 409 g/mol. The summed E-state index contributed by atoms with van der Waals surface area (Å²) in [5.74, 6) is 0.880. The Balaban J connectivity index is 0.00000225. The van der Waals surface area contributed by atoms with Crippen LogP contribution >= 0.6 is 37.2 Å². The summed E-state index contributed by atoms with van der Waals surface area (Å²) in [6, 6.07) is 14.0. The molecule has 0 radical (unpaired) electrons. The molecule has 1 amide bonds. The number of benzene rings is 1. The molecule has 0 aliphatic carbocycles. The minimum absolute atomic E-state index is 0. The average molecular weight is 435 g/mol. The molecule has 0 bridgehead atoms. The van der Waals surface area contributed by atoms with E-state index in [4.69, 9.17) is 5.73 Å². The number of nitrogens with two attached hydrogens (primary N) is 1. The standard InChI is InChI=1S/C18H23N5O.3ClH/c19-13-18(24)21-16-6-4-15(5-7-16)14-22-9-11-23(12-10-22)17-3-1-2-8-20-17;;;/h1-8H,9-14,19H2,(H,21,24);3*1H. The third-order valence-corrected chi connectivity index (χ3v) is 4.17. The van der Waals surface area contributed by atoms with Gasteiger partial charge in [-0.25, -0.2) is 4.98 Å². The lowest BCUT2D eigenvalue weighted by molar-refractivity contribution is -0.114. The summed E-state index contributed by atoms with van der Waals surface area (Å²) in [5, 5.41) is 2.76. The van der Waals surface area contributed by atoms with Crippen molar-refractivity contribution in [2.75, 3.05) is 42.9 Å². The Morgan fingerprint density at radius 3 is 2.22 bits per heavy atom. The molecule has 0 atom stereocenters. The second-order valence-electron chi connectivity index (χ2n) is 5.90. The molecule has 6 nitrogen and oxygen atoms in total. The highest BCUT2D eigenvalue weighted by Gasteiger charge is 2.17. The molecule has 1 aliphatic rings. The zero-order valence-electron chi connectivity index (χ0n) is 14.9. The topological polar surface area (TPSA) is 74.5 Å². The van der Waals surface area contributed by atoms with E-state index in [1.807, 2.05) is 30.5 Å². The summed E-state index contributed by atoms with van der Waals surface area (Å²) in [4.78, 5) is 20.5. The summed E-state index contributed by atoms with van der Waals surface area (Å²) < 4.78 is 0. The first kappa shape index (κ1) is 25.4. The molecule has 9 heteroatoms. The van der Waals surface area contributed by atoms with Crippen LogP contribution in [-0.4, -0.2) is 48.5 Å². The second-order valence-corrected chi connectivity index (χ2v) is 5.90. The van der Waals surface area contributed by atoms with Gasteiger partial charge in [0.2, 0.25) is 5.91 Å². The van der Waals surface area contributed by atoms with Crippen LogP contribution in [0.25, 0.3) is 0 Å². The third kappa shape index (κ3) is 7.52. The van der Waals surface area contributed by atoms with E-state index in [0.29, 0.717) is 0 Å². The monoisotopic (exact) mass is 433 g/mol. The molecular formula is C18H26Cl3N5O. The number of nitrogens with one attached hydrogen (secondary N) is 1. The van der Waals surface area contributed by atoms with Gasteiger partial charge in [0.15, 0.2) is 0 Å². The summed E-state index contributed by atoms with van der Waals surface area (Å²) in [7, 11) is 0. The Morgan fingerprint density at radius 2 is 1.67 bits per heavy atom. The number of anilines is 2. The van der Waals surface area contributed by atoms with Gasteiger partial charge >= 0.3 is 0 Å². The molecule has 3 N–H and O–H groups in total. The number of carbonyl (C=O) groups excluding carboxylic acids is 1. The maximum absolute atomic E-state index is 11.3. The fraction of sp³-hybridized carbons (Fsp3) is 0.333. The normalized spacial score (nSPS) is 13.6. The molecule has 2 aromatic rings. The number of halogens is 3. The number of pyridine rings is 1. The van der Waals surface area contributed by atoms with Gasteiger partial charge in [-0.15, -0.1) is 37.2 Å².